The van der Waals surface area contributed by atoms with Crippen LogP contribution in [0.15, 0.2) is 71.6 Å². The van der Waals surface area contributed by atoms with Gasteiger partial charge in [0.1, 0.15) is 17.4 Å². The molecule has 0 saturated carbocycles. The molecule has 4 rings (SSSR count). The largest absolute Gasteiger partial charge is 0.416 e. The molecule has 0 unspecified atom stereocenters. The van der Waals surface area contributed by atoms with Gasteiger partial charge >= 0.3 is 6.18 Å². The van der Waals surface area contributed by atoms with Crippen LogP contribution < -0.4 is 5.32 Å². The summed E-state index contributed by atoms with van der Waals surface area (Å²) in [7, 11) is -3.85. The fraction of sp³-hybridized carbons (Fsp3) is 0.130. The third-order valence-corrected chi connectivity index (χ3v) is 6.72. The van der Waals surface area contributed by atoms with Crippen molar-refractivity contribution in [2.24, 2.45) is 0 Å². The first-order chi connectivity index (χ1) is 16.4. The van der Waals surface area contributed by atoms with E-state index in [1.807, 2.05) is 6.92 Å². The second kappa shape index (κ2) is 8.95. The Morgan fingerprint density at radius 2 is 1.71 bits per heavy atom. The minimum Gasteiger partial charge on any atom is -0.340 e. The molecule has 0 radical (unpaired) electrons. The Morgan fingerprint density at radius 1 is 1.00 bits per heavy atom. The molecule has 0 spiro atoms. The van der Waals surface area contributed by atoms with Crippen LogP contribution in [0.25, 0.3) is 10.9 Å². The number of aromatic nitrogens is 2. The molecule has 1 aromatic heterocycles. The highest BCUT2D eigenvalue weighted by Crippen LogP contribution is 2.33. The smallest absolute Gasteiger partial charge is 0.340 e. The Labute approximate surface area is 197 Å². The molecule has 0 aliphatic rings. The highest BCUT2D eigenvalue weighted by molar-refractivity contribution is 7.90. The maximum Gasteiger partial charge on any atom is 0.416 e. The number of nitrogens with one attached hydrogen (secondary N) is 1. The molecule has 0 amide bonds. The molecule has 0 bridgehead atoms. The highest BCUT2D eigenvalue weighted by Gasteiger charge is 2.30. The van der Waals surface area contributed by atoms with Gasteiger partial charge < -0.3 is 5.32 Å². The van der Waals surface area contributed by atoms with E-state index in [0.29, 0.717) is 0 Å². The number of benzene rings is 3. The first-order valence-electron chi connectivity index (χ1n) is 10.1. The SMILES string of the molecule is Cc1ccc(S(=O)(=O)Cc2nc(Nc3cccc(C(F)(F)F)c3)c3cc([N+](=O)[O-])ccc3n2)cc1. The van der Waals surface area contributed by atoms with E-state index in [1.54, 1.807) is 12.1 Å². The Balaban J connectivity index is 1.80. The summed E-state index contributed by atoms with van der Waals surface area (Å²) < 4.78 is 65.2. The zero-order chi connectivity index (χ0) is 25.4. The number of fused-ring (bicyclic) bond motifs is 1. The second-order valence-corrected chi connectivity index (χ2v) is 9.71. The topological polar surface area (TPSA) is 115 Å². The lowest BCUT2D eigenvalue weighted by Crippen LogP contribution is -2.10. The van der Waals surface area contributed by atoms with Gasteiger partial charge in [0.25, 0.3) is 5.69 Å². The second-order valence-electron chi connectivity index (χ2n) is 7.72. The zero-order valence-corrected chi connectivity index (χ0v) is 18.9. The molecule has 0 fully saturated rings. The van der Waals surface area contributed by atoms with Crippen LogP contribution in [0, 0.1) is 17.0 Å². The Hall–Kier alpha value is -4.06. The monoisotopic (exact) mass is 502 g/mol. The van der Waals surface area contributed by atoms with Gasteiger partial charge in [-0.3, -0.25) is 10.1 Å². The van der Waals surface area contributed by atoms with Gasteiger partial charge in [0, 0.05) is 23.2 Å². The summed E-state index contributed by atoms with van der Waals surface area (Å²) in [6.45, 7) is 1.81. The standard InChI is InChI=1S/C23H17F3N4O4S/c1-14-5-8-18(9-6-14)35(33,34)13-21-28-20-10-7-17(30(31)32)12-19(20)22(29-21)27-16-4-2-3-15(11-16)23(24,25)26/h2-12H,13H2,1H3,(H,27,28,29). The number of hydrogen-bond acceptors (Lipinski definition) is 7. The first kappa shape index (κ1) is 24.1. The zero-order valence-electron chi connectivity index (χ0n) is 18.1. The van der Waals surface area contributed by atoms with E-state index in [4.69, 9.17) is 0 Å². The molecule has 12 heteroatoms. The van der Waals surface area contributed by atoms with E-state index in [1.165, 1.54) is 42.5 Å². The van der Waals surface area contributed by atoms with E-state index < -0.39 is 32.3 Å². The van der Waals surface area contributed by atoms with Crippen LogP contribution in [0.3, 0.4) is 0 Å². The minimum absolute atomic E-state index is 0.0127. The van der Waals surface area contributed by atoms with E-state index >= 15 is 0 Å². The molecule has 8 nitrogen and oxygen atoms in total. The number of non-ortho nitro benzene ring substituents is 1. The first-order valence-corrected chi connectivity index (χ1v) is 11.8. The summed E-state index contributed by atoms with van der Waals surface area (Å²) in [5.41, 5.74) is -0.116. The summed E-state index contributed by atoms with van der Waals surface area (Å²) in [5, 5.41) is 14.1. The van der Waals surface area contributed by atoms with Crippen molar-refractivity contribution in [1.29, 1.82) is 0 Å². The number of rotatable bonds is 6. The Bertz CT molecular complexity index is 1540. The van der Waals surface area contributed by atoms with Crippen molar-refractivity contribution < 1.29 is 26.5 Å². The molecule has 1 heterocycles. The molecule has 0 atom stereocenters. The van der Waals surface area contributed by atoms with Gasteiger partial charge in [-0.2, -0.15) is 13.2 Å². The van der Waals surface area contributed by atoms with Gasteiger partial charge in [-0.25, -0.2) is 18.4 Å². The van der Waals surface area contributed by atoms with E-state index in [9.17, 15) is 31.7 Å². The summed E-state index contributed by atoms with van der Waals surface area (Å²) in [6.07, 6.45) is -4.59. The van der Waals surface area contributed by atoms with Gasteiger partial charge in [-0.15, -0.1) is 0 Å². The summed E-state index contributed by atoms with van der Waals surface area (Å²) >= 11 is 0. The normalized spacial score (nSPS) is 12.0. The molecule has 180 valence electrons. The minimum atomic E-state index is -4.59. The quantitative estimate of drug-likeness (QED) is 0.270. The average Bonchev–Trinajstić information content (AvgIpc) is 2.78. The summed E-state index contributed by atoms with van der Waals surface area (Å²) in [6, 6.07) is 14.2. The van der Waals surface area contributed by atoms with Crippen molar-refractivity contribution in [3.05, 3.63) is 93.8 Å². The molecular formula is C23H17F3N4O4S. The fourth-order valence-corrected chi connectivity index (χ4v) is 4.53. The number of aryl methyl sites for hydroxylation is 1. The summed E-state index contributed by atoms with van der Waals surface area (Å²) in [5.74, 6) is -0.770. The number of nitro groups is 1. The van der Waals surface area contributed by atoms with Gasteiger partial charge in [-0.1, -0.05) is 23.8 Å². The number of sulfone groups is 1. The number of alkyl halides is 3. The van der Waals surface area contributed by atoms with E-state index in [0.717, 1.165) is 17.7 Å². The fourth-order valence-electron chi connectivity index (χ4n) is 3.35. The Kier molecular flexibility index (Phi) is 6.15. The average molecular weight is 502 g/mol. The molecule has 35 heavy (non-hydrogen) atoms. The predicted molar refractivity (Wildman–Crippen MR) is 123 cm³/mol. The van der Waals surface area contributed by atoms with Gasteiger partial charge in [0.05, 0.1) is 20.9 Å². The molecule has 3 aromatic carbocycles. The van der Waals surface area contributed by atoms with Crippen LogP contribution in [0.2, 0.25) is 0 Å². The third kappa shape index (κ3) is 5.38. The van der Waals surface area contributed by atoms with Gasteiger partial charge in [0.2, 0.25) is 0 Å². The lowest BCUT2D eigenvalue weighted by molar-refractivity contribution is -0.384. The van der Waals surface area contributed by atoms with E-state index in [-0.39, 0.29) is 38.8 Å². The van der Waals surface area contributed by atoms with Crippen molar-refractivity contribution in [1.82, 2.24) is 9.97 Å². The van der Waals surface area contributed by atoms with Crippen LogP contribution in [0.1, 0.15) is 17.0 Å². The number of anilines is 2. The van der Waals surface area contributed by atoms with Crippen molar-refractivity contribution in [3.63, 3.8) is 0 Å². The predicted octanol–water partition coefficient (Wildman–Crippen LogP) is 5.58. The molecule has 1 N–H and O–H groups in total. The van der Waals surface area contributed by atoms with Crippen molar-refractivity contribution in [2.75, 3.05) is 5.32 Å². The number of nitrogens with zero attached hydrogens (tertiary/aromatic N) is 3. The molecule has 0 saturated heterocycles. The van der Waals surface area contributed by atoms with Gasteiger partial charge in [0.15, 0.2) is 9.84 Å². The maximum atomic E-state index is 13.1. The van der Waals surface area contributed by atoms with Gasteiger partial charge in [-0.05, 0) is 43.3 Å². The Morgan fingerprint density at radius 3 is 2.37 bits per heavy atom. The highest BCUT2D eigenvalue weighted by atomic mass is 32.2. The van der Waals surface area contributed by atoms with Crippen molar-refractivity contribution >= 4 is 37.9 Å². The van der Waals surface area contributed by atoms with Crippen molar-refractivity contribution in [3.8, 4) is 0 Å². The molecule has 0 aliphatic carbocycles. The van der Waals surface area contributed by atoms with Crippen LogP contribution in [-0.4, -0.2) is 23.3 Å². The maximum absolute atomic E-state index is 13.1. The lowest BCUT2D eigenvalue weighted by Gasteiger charge is -2.13. The number of nitro benzene ring substituents is 1. The number of hydrogen-bond donors (Lipinski definition) is 1. The van der Waals surface area contributed by atoms with Crippen LogP contribution in [0.4, 0.5) is 30.4 Å². The van der Waals surface area contributed by atoms with Crippen LogP contribution >= 0.6 is 0 Å². The molecule has 4 aromatic rings. The van der Waals surface area contributed by atoms with Crippen LogP contribution in [-0.2, 0) is 21.8 Å². The van der Waals surface area contributed by atoms with Crippen LogP contribution in [0.5, 0.6) is 0 Å². The number of halogens is 3. The lowest BCUT2D eigenvalue weighted by atomic mass is 10.1. The van der Waals surface area contributed by atoms with E-state index in [2.05, 4.69) is 15.3 Å². The molecule has 0 aliphatic heterocycles. The van der Waals surface area contributed by atoms with Crippen molar-refractivity contribution in [2.45, 2.75) is 23.7 Å². The molecular weight excluding hydrogens is 485 g/mol. The summed E-state index contributed by atoms with van der Waals surface area (Å²) in [4.78, 5) is 19.1. The third-order valence-electron chi connectivity index (χ3n) is 5.09.